The van der Waals surface area contributed by atoms with Crippen molar-refractivity contribution in [2.75, 3.05) is 11.6 Å². The highest BCUT2D eigenvalue weighted by Crippen LogP contribution is 2.33. The number of hydrogen-bond acceptors (Lipinski definition) is 5. The third-order valence-corrected chi connectivity index (χ3v) is 5.40. The highest BCUT2D eigenvalue weighted by Gasteiger charge is 2.14. The van der Waals surface area contributed by atoms with Gasteiger partial charge in [-0.2, -0.15) is 0 Å². The number of nitrogens with one attached hydrogen (secondary N) is 1. The van der Waals surface area contributed by atoms with E-state index in [1.165, 1.54) is 6.26 Å². The van der Waals surface area contributed by atoms with Crippen LogP contribution in [-0.4, -0.2) is 32.3 Å². The molecule has 2 rings (SSSR count). The van der Waals surface area contributed by atoms with E-state index in [1.54, 1.807) is 18.2 Å². The zero-order chi connectivity index (χ0) is 24.6. The number of anilines is 1. The lowest BCUT2D eigenvalue weighted by atomic mass is 10.1. The van der Waals surface area contributed by atoms with Crippen LogP contribution in [0.4, 0.5) is 17.1 Å². The molecule has 0 spiro atoms. The molecule has 0 radical (unpaired) electrons. The first-order valence-electron chi connectivity index (χ1n) is 10.8. The second-order valence-corrected chi connectivity index (χ2v) is 9.87. The maximum Gasteiger partial charge on any atom is 0.175 e. The molecule has 0 atom stereocenters. The van der Waals surface area contributed by atoms with Gasteiger partial charge in [0.25, 0.3) is 0 Å². The van der Waals surface area contributed by atoms with Gasteiger partial charge in [0.2, 0.25) is 0 Å². The predicted octanol–water partition coefficient (Wildman–Crippen LogP) is 6.79. The third-order valence-electron chi connectivity index (χ3n) is 4.29. The van der Waals surface area contributed by atoms with Crippen LogP contribution in [0.15, 0.2) is 45.2 Å². The number of benzene rings is 2. The molecule has 32 heavy (non-hydrogen) atoms. The Morgan fingerprint density at radius 1 is 1.00 bits per heavy atom. The van der Waals surface area contributed by atoms with Crippen molar-refractivity contribution in [1.29, 1.82) is 0 Å². The minimum Gasteiger partial charge on any atom is -0.489 e. The van der Waals surface area contributed by atoms with Crippen molar-refractivity contribution in [2.24, 2.45) is 9.98 Å². The van der Waals surface area contributed by atoms with E-state index in [0.29, 0.717) is 17.3 Å². The molecule has 2 aromatic rings. The maximum absolute atomic E-state index is 12.0. The highest BCUT2D eigenvalue weighted by molar-refractivity contribution is 7.90. The molecule has 176 valence electrons. The molecule has 0 bridgehead atoms. The van der Waals surface area contributed by atoms with E-state index in [-0.39, 0.29) is 11.0 Å². The van der Waals surface area contributed by atoms with Crippen LogP contribution in [0.1, 0.15) is 59.6 Å². The van der Waals surface area contributed by atoms with Gasteiger partial charge in [0.05, 0.1) is 28.1 Å². The minimum absolute atomic E-state index is 0.0526. The van der Waals surface area contributed by atoms with Gasteiger partial charge in [-0.15, -0.1) is 0 Å². The van der Waals surface area contributed by atoms with E-state index < -0.39 is 9.84 Å². The summed E-state index contributed by atoms with van der Waals surface area (Å²) < 4.78 is 29.8. The summed E-state index contributed by atoms with van der Waals surface area (Å²) in [7, 11) is -3.35. The number of sulfone groups is 1. The van der Waals surface area contributed by atoms with Crippen LogP contribution in [0.25, 0.3) is 0 Å². The number of hydrogen-bond donors (Lipinski definition) is 1. The third kappa shape index (κ3) is 7.79. The lowest BCUT2D eigenvalue weighted by molar-refractivity contribution is 0.243. The highest BCUT2D eigenvalue weighted by atomic mass is 32.2. The Hall–Kier alpha value is -2.67. The fourth-order valence-corrected chi connectivity index (χ4v) is 3.59. The minimum atomic E-state index is -3.35. The summed E-state index contributed by atoms with van der Waals surface area (Å²) in [5.41, 5.74) is 5.27. The van der Waals surface area contributed by atoms with Gasteiger partial charge in [0.15, 0.2) is 9.84 Å². The molecule has 0 saturated heterocycles. The Kier molecular flexibility index (Phi) is 10.1. The molecule has 0 aromatic heterocycles. The second-order valence-electron chi connectivity index (χ2n) is 7.85. The lowest BCUT2D eigenvalue weighted by Gasteiger charge is -2.17. The summed E-state index contributed by atoms with van der Waals surface area (Å²) in [5, 5.41) is 3.22. The van der Waals surface area contributed by atoms with Crippen LogP contribution in [0, 0.1) is 13.8 Å². The zero-order valence-corrected chi connectivity index (χ0v) is 21.8. The van der Waals surface area contributed by atoms with Crippen LogP contribution in [0.3, 0.4) is 0 Å². The number of rotatable bonds is 6. The quantitative estimate of drug-likeness (QED) is 0.381. The van der Waals surface area contributed by atoms with Gasteiger partial charge >= 0.3 is 0 Å². The molecule has 6 nitrogen and oxygen atoms in total. The van der Waals surface area contributed by atoms with Crippen molar-refractivity contribution in [3.63, 3.8) is 0 Å². The first kappa shape index (κ1) is 27.4. The standard InChI is InChI=1S/C23H31N3O3S.C2H6/c1-14(2)24-20-11-9-16(5)23(17(20)6)26-18(7)25-21-13-19(30(8,27)28)10-12-22(21)29-15(3)4;1-2/h9-13,15H,1-8H3,(H,25,26);1-2H3. The van der Waals surface area contributed by atoms with Gasteiger partial charge < -0.3 is 10.1 Å². The van der Waals surface area contributed by atoms with Crippen molar-refractivity contribution in [3.05, 3.63) is 41.5 Å². The van der Waals surface area contributed by atoms with E-state index >= 15 is 0 Å². The summed E-state index contributed by atoms with van der Waals surface area (Å²) in [5.74, 6) is 1.19. The van der Waals surface area contributed by atoms with Gasteiger partial charge in [0, 0.05) is 17.5 Å². The lowest BCUT2D eigenvalue weighted by Crippen LogP contribution is -2.12. The molecule has 0 aliphatic carbocycles. The van der Waals surface area contributed by atoms with Crippen molar-refractivity contribution < 1.29 is 13.2 Å². The second kappa shape index (κ2) is 11.8. The van der Waals surface area contributed by atoms with Gasteiger partial charge in [-0.3, -0.25) is 4.99 Å². The molecule has 7 heteroatoms. The molecular formula is C25H37N3O3S. The SMILES string of the molecule is CC.CC(C)=Nc1ccc(C)c(N=C(C)Nc2cc(S(C)(=O)=O)ccc2OC(C)C)c1C. The summed E-state index contributed by atoms with van der Waals surface area (Å²) in [6, 6.07) is 8.78. The van der Waals surface area contributed by atoms with Crippen LogP contribution in [0.2, 0.25) is 0 Å². The van der Waals surface area contributed by atoms with Gasteiger partial charge in [-0.25, -0.2) is 13.4 Å². The zero-order valence-electron chi connectivity index (χ0n) is 21.0. The molecule has 1 N–H and O–H groups in total. The smallest absolute Gasteiger partial charge is 0.175 e. The monoisotopic (exact) mass is 459 g/mol. The summed E-state index contributed by atoms with van der Waals surface area (Å²) in [4.78, 5) is 9.56. The Labute approximate surface area is 193 Å². The average Bonchev–Trinajstić information content (AvgIpc) is 2.69. The van der Waals surface area contributed by atoms with Gasteiger partial charge in [0.1, 0.15) is 11.6 Å². The molecular weight excluding hydrogens is 422 g/mol. The molecule has 2 aromatic carbocycles. The predicted molar refractivity (Wildman–Crippen MR) is 137 cm³/mol. The molecule has 0 heterocycles. The topological polar surface area (TPSA) is 80.1 Å². The van der Waals surface area contributed by atoms with Gasteiger partial charge in [-0.1, -0.05) is 19.9 Å². The number of nitrogens with zero attached hydrogens (tertiary/aromatic N) is 2. The van der Waals surface area contributed by atoms with Crippen LogP contribution >= 0.6 is 0 Å². The van der Waals surface area contributed by atoms with Crippen LogP contribution < -0.4 is 10.1 Å². The van der Waals surface area contributed by atoms with Crippen LogP contribution in [0.5, 0.6) is 5.75 Å². The molecule has 0 unspecified atom stereocenters. The Bertz CT molecular complexity index is 1100. The Morgan fingerprint density at radius 2 is 1.62 bits per heavy atom. The van der Waals surface area contributed by atoms with Crippen molar-refractivity contribution >= 4 is 38.4 Å². The molecule has 0 fully saturated rings. The molecule has 0 saturated carbocycles. The number of aryl methyl sites for hydroxylation is 1. The molecule has 0 aliphatic heterocycles. The largest absolute Gasteiger partial charge is 0.489 e. The maximum atomic E-state index is 12.0. The van der Waals surface area contributed by atoms with E-state index in [4.69, 9.17) is 9.73 Å². The summed E-state index contributed by atoms with van der Waals surface area (Å²) in [6.45, 7) is 17.6. The summed E-state index contributed by atoms with van der Waals surface area (Å²) in [6.07, 6.45) is 1.13. The Morgan fingerprint density at radius 3 is 2.16 bits per heavy atom. The fourth-order valence-electron chi connectivity index (χ4n) is 2.94. The fraction of sp³-hybridized carbons (Fsp3) is 0.440. The van der Waals surface area contributed by atoms with E-state index in [2.05, 4.69) is 10.3 Å². The number of amidine groups is 1. The van der Waals surface area contributed by atoms with Crippen LogP contribution in [-0.2, 0) is 9.84 Å². The van der Waals surface area contributed by atoms with Crippen molar-refractivity contribution in [2.45, 2.75) is 73.3 Å². The van der Waals surface area contributed by atoms with Crippen molar-refractivity contribution in [1.82, 2.24) is 0 Å². The first-order chi connectivity index (χ1) is 14.9. The van der Waals surface area contributed by atoms with Crippen molar-refractivity contribution in [3.8, 4) is 5.75 Å². The molecule has 0 amide bonds. The number of ether oxygens (including phenoxy) is 1. The summed E-state index contributed by atoms with van der Waals surface area (Å²) >= 11 is 0. The average molecular weight is 460 g/mol. The van der Waals surface area contributed by atoms with E-state index in [0.717, 1.165) is 28.2 Å². The Balaban J connectivity index is 0.00000249. The van der Waals surface area contributed by atoms with E-state index in [9.17, 15) is 8.42 Å². The van der Waals surface area contributed by atoms with Gasteiger partial charge in [-0.05, 0) is 78.3 Å². The van der Waals surface area contributed by atoms with E-state index in [1.807, 2.05) is 74.4 Å². The molecule has 0 aliphatic rings. The first-order valence-corrected chi connectivity index (χ1v) is 12.7. The number of aliphatic imine (C=N–C) groups is 2. The normalized spacial score (nSPS) is 11.5.